The Bertz CT molecular complexity index is 510. The first-order valence-corrected chi connectivity index (χ1v) is 7.40. The number of anilines is 2. The summed E-state index contributed by atoms with van der Waals surface area (Å²) in [5.74, 6) is 0. The van der Waals surface area contributed by atoms with Gasteiger partial charge in [0.25, 0.3) is 0 Å². The van der Waals surface area contributed by atoms with Crippen LogP contribution in [0.1, 0.15) is 26.3 Å². The second kappa shape index (κ2) is 4.49. The fourth-order valence-electron chi connectivity index (χ4n) is 1.16. The summed E-state index contributed by atoms with van der Waals surface area (Å²) in [5.41, 5.74) is 7.58. The van der Waals surface area contributed by atoms with Crippen molar-refractivity contribution in [3.05, 3.63) is 22.2 Å². The summed E-state index contributed by atoms with van der Waals surface area (Å²) in [7, 11) is -3.47. The zero-order valence-electron chi connectivity index (χ0n) is 10.3. The predicted molar refractivity (Wildman–Crippen MR) is 75.6 cm³/mol. The molecule has 0 aromatic heterocycles. The molecule has 96 valence electrons. The normalized spacial score (nSPS) is 12.5. The maximum Gasteiger partial charge on any atom is 0.237 e. The quantitative estimate of drug-likeness (QED) is 0.823. The van der Waals surface area contributed by atoms with E-state index < -0.39 is 14.8 Å². The molecule has 0 bridgehead atoms. The lowest BCUT2D eigenvalue weighted by Gasteiger charge is -2.22. The second-order valence-electron chi connectivity index (χ2n) is 4.93. The van der Waals surface area contributed by atoms with Crippen LogP contribution in [0, 0.1) is 6.92 Å². The molecule has 0 aliphatic heterocycles. The molecule has 0 aliphatic rings. The highest BCUT2D eigenvalue weighted by Gasteiger charge is 2.30. The van der Waals surface area contributed by atoms with E-state index in [0.717, 1.165) is 5.56 Å². The lowest BCUT2D eigenvalue weighted by Crippen LogP contribution is -2.34. The molecule has 0 atom stereocenters. The number of nitrogen functional groups attached to an aromatic ring is 1. The lowest BCUT2D eigenvalue weighted by atomic mass is 10.2. The van der Waals surface area contributed by atoms with Crippen LogP contribution in [0.25, 0.3) is 0 Å². The van der Waals surface area contributed by atoms with Gasteiger partial charge in [0.2, 0.25) is 10.0 Å². The molecule has 1 rings (SSSR count). The molecule has 1 aromatic rings. The van der Waals surface area contributed by atoms with Crippen molar-refractivity contribution >= 4 is 37.3 Å². The minimum Gasteiger partial charge on any atom is -0.397 e. The first kappa shape index (κ1) is 14.3. The Kier molecular flexibility index (Phi) is 3.78. The number of halogens is 1. The molecule has 6 heteroatoms. The predicted octanol–water partition coefficient (Wildman–Crippen LogP) is 2.88. The third-order valence-electron chi connectivity index (χ3n) is 2.31. The van der Waals surface area contributed by atoms with Crippen molar-refractivity contribution in [2.45, 2.75) is 32.4 Å². The van der Waals surface area contributed by atoms with Gasteiger partial charge >= 0.3 is 0 Å². The molecular formula is C11H17BrN2O2S. The summed E-state index contributed by atoms with van der Waals surface area (Å²) in [6, 6.07) is 3.54. The van der Waals surface area contributed by atoms with Gasteiger partial charge in [0, 0.05) is 4.47 Å². The molecule has 0 saturated carbocycles. The molecule has 0 fully saturated rings. The lowest BCUT2D eigenvalue weighted by molar-refractivity contribution is 0.566. The number of aryl methyl sites for hydroxylation is 1. The number of rotatable bonds is 2. The van der Waals surface area contributed by atoms with Gasteiger partial charge in [0.05, 0.1) is 16.1 Å². The number of sulfonamides is 1. The van der Waals surface area contributed by atoms with E-state index >= 15 is 0 Å². The van der Waals surface area contributed by atoms with E-state index in [0.29, 0.717) is 15.8 Å². The van der Waals surface area contributed by atoms with E-state index in [1.807, 2.05) is 13.0 Å². The van der Waals surface area contributed by atoms with Crippen molar-refractivity contribution in [3.8, 4) is 0 Å². The number of nitrogens with one attached hydrogen (secondary N) is 1. The van der Waals surface area contributed by atoms with E-state index in [4.69, 9.17) is 5.73 Å². The van der Waals surface area contributed by atoms with Crippen LogP contribution in [0.2, 0.25) is 0 Å². The monoisotopic (exact) mass is 320 g/mol. The average Bonchev–Trinajstić information content (AvgIpc) is 2.09. The van der Waals surface area contributed by atoms with Crippen molar-refractivity contribution in [1.82, 2.24) is 0 Å². The average molecular weight is 321 g/mol. The molecule has 0 aliphatic carbocycles. The number of hydrogen-bond donors (Lipinski definition) is 2. The van der Waals surface area contributed by atoms with Crippen molar-refractivity contribution in [2.24, 2.45) is 0 Å². The van der Waals surface area contributed by atoms with E-state index in [2.05, 4.69) is 20.7 Å². The van der Waals surface area contributed by atoms with Crippen LogP contribution in [-0.2, 0) is 10.0 Å². The highest BCUT2D eigenvalue weighted by Crippen LogP contribution is 2.32. The summed E-state index contributed by atoms with van der Waals surface area (Å²) in [6.45, 7) is 6.79. The molecular weight excluding hydrogens is 304 g/mol. The van der Waals surface area contributed by atoms with Crippen LogP contribution >= 0.6 is 15.9 Å². The number of nitrogens with two attached hydrogens (primary N) is 1. The van der Waals surface area contributed by atoms with Crippen molar-refractivity contribution in [1.29, 1.82) is 0 Å². The summed E-state index contributed by atoms with van der Waals surface area (Å²) in [4.78, 5) is 0. The van der Waals surface area contributed by atoms with Crippen LogP contribution in [0.4, 0.5) is 11.4 Å². The summed E-state index contributed by atoms with van der Waals surface area (Å²) >= 11 is 3.31. The van der Waals surface area contributed by atoms with Gasteiger partial charge < -0.3 is 5.73 Å². The fourth-order valence-corrected chi connectivity index (χ4v) is 2.79. The first-order chi connectivity index (χ1) is 7.54. The first-order valence-electron chi connectivity index (χ1n) is 5.12. The molecule has 0 unspecified atom stereocenters. The summed E-state index contributed by atoms with van der Waals surface area (Å²) in [6.07, 6.45) is 0. The number of hydrogen-bond acceptors (Lipinski definition) is 3. The molecule has 3 N–H and O–H groups in total. The van der Waals surface area contributed by atoms with Gasteiger partial charge in [-0.05, 0) is 61.3 Å². The summed E-state index contributed by atoms with van der Waals surface area (Å²) in [5, 5.41) is 0. The van der Waals surface area contributed by atoms with E-state index in [1.54, 1.807) is 26.8 Å². The van der Waals surface area contributed by atoms with E-state index in [9.17, 15) is 8.42 Å². The van der Waals surface area contributed by atoms with E-state index in [1.165, 1.54) is 0 Å². The van der Waals surface area contributed by atoms with Crippen molar-refractivity contribution < 1.29 is 8.42 Å². The highest BCUT2D eigenvalue weighted by molar-refractivity contribution is 9.10. The zero-order valence-corrected chi connectivity index (χ0v) is 12.7. The Balaban J connectivity index is 3.22. The van der Waals surface area contributed by atoms with Crippen molar-refractivity contribution in [3.63, 3.8) is 0 Å². The topological polar surface area (TPSA) is 72.2 Å². The van der Waals surface area contributed by atoms with Crippen LogP contribution in [-0.4, -0.2) is 13.2 Å². The molecule has 4 nitrogen and oxygen atoms in total. The van der Waals surface area contributed by atoms with E-state index in [-0.39, 0.29) is 0 Å². The molecule has 0 amide bonds. The minimum atomic E-state index is -3.47. The van der Waals surface area contributed by atoms with Crippen LogP contribution in [0.15, 0.2) is 16.6 Å². The van der Waals surface area contributed by atoms with Gasteiger partial charge in [-0.2, -0.15) is 0 Å². The highest BCUT2D eigenvalue weighted by atomic mass is 79.9. The molecule has 0 heterocycles. The van der Waals surface area contributed by atoms with Gasteiger partial charge in [-0.15, -0.1) is 0 Å². The van der Waals surface area contributed by atoms with Gasteiger partial charge in [0.1, 0.15) is 0 Å². The molecule has 17 heavy (non-hydrogen) atoms. The van der Waals surface area contributed by atoms with Gasteiger partial charge in [-0.25, -0.2) is 8.42 Å². The maximum absolute atomic E-state index is 12.0. The van der Waals surface area contributed by atoms with Gasteiger partial charge in [0.15, 0.2) is 0 Å². The standard InChI is InChI=1S/C11H17BrN2O2S/c1-7-5-8(12)10(9(13)6-7)14-17(15,16)11(2,3)4/h5-6,14H,13H2,1-4H3. The maximum atomic E-state index is 12.0. The Morgan fingerprint density at radius 2 is 1.82 bits per heavy atom. The minimum absolute atomic E-state index is 0.394. The molecule has 0 spiro atoms. The second-order valence-corrected chi connectivity index (χ2v) is 8.22. The summed E-state index contributed by atoms with van der Waals surface area (Å²) < 4.78 is 26.3. The third kappa shape index (κ3) is 3.13. The zero-order chi connectivity index (χ0) is 13.4. The Morgan fingerprint density at radius 3 is 2.24 bits per heavy atom. The third-order valence-corrected chi connectivity index (χ3v) is 5.02. The Morgan fingerprint density at radius 1 is 1.29 bits per heavy atom. The molecule has 0 saturated heterocycles. The smallest absolute Gasteiger partial charge is 0.237 e. The Labute approximate surface area is 111 Å². The fraction of sp³-hybridized carbons (Fsp3) is 0.455. The van der Waals surface area contributed by atoms with Gasteiger partial charge in [-0.3, -0.25) is 4.72 Å². The van der Waals surface area contributed by atoms with Crippen LogP contribution in [0.3, 0.4) is 0 Å². The van der Waals surface area contributed by atoms with Crippen molar-refractivity contribution in [2.75, 3.05) is 10.5 Å². The van der Waals surface area contributed by atoms with Crippen LogP contribution < -0.4 is 10.5 Å². The Hall–Kier alpha value is -0.750. The molecule has 0 radical (unpaired) electrons. The molecule has 1 aromatic carbocycles. The largest absolute Gasteiger partial charge is 0.397 e. The number of benzene rings is 1. The van der Waals surface area contributed by atoms with Crippen LogP contribution in [0.5, 0.6) is 0 Å². The van der Waals surface area contributed by atoms with Gasteiger partial charge in [-0.1, -0.05) is 0 Å². The SMILES string of the molecule is Cc1cc(N)c(NS(=O)(=O)C(C)(C)C)c(Br)c1.